The van der Waals surface area contributed by atoms with Crippen LogP contribution in [0.4, 0.5) is 4.39 Å². The van der Waals surface area contributed by atoms with E-state index in [0.717, 1.165) is 23.3 Å². The number of aliphatic hydroxyl groups is 1. The Morgan fingerprint density at radius 1 is 1.14 bits per heavy atom. The van der Waals surface area contributed by atoms with Crippen LogP contribution in [0.15, 0.2) is 28.7 Å². The molecule has 0 saturated carbocycles. The van der Waals surface area contributed by atoms with E-state index in [4.69, 9.17) is 0 Å². The first-order valence-electron chi connectivity index (χ1n) is 7.36. The second kappa shape index (κ2) is 6.59. The first-order chi connectivity index (χ1) is 10.1. The Morgan fingerprint density at radius 2 is 1.95 bits per heavy atom. The molecular formula is C17H18BrFOS. The van der Waals surface area contributed by atoms with Crippen LogP contribution in [0.5, 0.6) is 0 Å². The number of aryl methyl sites for hydroxylation is 2. The zero-order valence-corrected chi connectivity index (χ0v) is 14.1. The number of aliphatic hydroxyl groups excluding tert-OH is 1. The van der Waals surface area contributed by atoms with Crippen LogP contribution in [-0.4, -0.2) is 5.11 Å². The van der Waals surface area contributed by atoms with Gasteiger partial charge in [0.15, 0.2) is 0 Å². The third-order valence-electron chi connectivity index (χ3n) is 3.95. The molecule has 1 aromatic heterocycles. The van der Waals surface area contributed by atoms with Gasteiger partial charge in [-0.25, -0.2) is 4.39 Å². The van der Waals surface area contributed by atoms with E-state index in [2.05, 4.69) is 22.0 Å². The molecule has 2 aromatic rings. The van der Waals surface area contributed by atoms with Crippen molar-refractivity contribution in [3.05, 3.63) is 55.4 Å². The summed E-state index contributed by atoms with van der Waals surface area (Å²) in [4.78, 5) is 2.45. The van der Waals surface area contributed by atoms with Gasteiger partial charge in [0.25, 0.3) is 0 Å². The Bertz CT molecular complexity index is 594. The van der Waals surface area contributed by atoms with Gasteiger partial charge in [-0.3, -0.25) is 0 Å². The highest BCUT2D eigenvalue weighted by Crippen LogP contribution is 2.33. The number of fused-ring (bicyclic) bond motifs is 1. The fraction of sp³-hybridized carbons (Fsp3) is 0.412. The lowest BCUT2D eigenvalue weighted by atomic mass is 10.1. The average molecular weight is 369 g/mol. The summed E-state index contributed by atoms with van der Waals surface area (Å²) in [5, 5.41) is 10.4. The molecule has 3 rings (SSSR count). The second-order valence-electron chi connectivity index (χ2n) is 5.66. The van der Waals surface area contributed by atoms with Crippen molar-refractivity contribution < 1.29 is 9.50 Å². The Kier molecular flexibility index (Phi) is 4.77. The third kappa shape index (κ3) is 3.74. The lowest BCUT2D eigenvalue weighted by Gasteiger charge is -2.09. The maximum atomic E-state index is 13.4. The Labute approximate surface area is 137 Å². The van der Waals surface area contributed by atoms with Gasteiger partial charge in [-0.2, -0.15) is 0 Å². The molecule has 21 heavy (non-hydrogen) atoms. The second-order valence-corrected chi connectivity index (χ2v) is 7.74. The molecule has 0 fully saturated rings. The van der Waals surface area contributed by atoms with Gasteiger partial charge in [0.2, 0.25) is 0 Å². The summed E-state index contributed by atoms with van der Waals surface area (Å²) in [6.07, 6.45) is 5.97. The van der Waals surface area contributed by atoms with Gasteiger partial charge in [0.05, 0.1) is 6.10 Å². The van der Waals surface area contributed by atoms with E-state index < -0.39 is 6.10 Å². The van der Waals surface area contributed by atoms with Crippen LogP contribution in [0.3, 0.4) is 0 Å². The molecule has 0 aliphatic heterocycles. The van der Waals surface area contributed by atoms with E-state index in [-0.39, 0.29) is 5.82 Å². The molecule has 1 heterocycles. The third-order valence-corrected chi connectivity index (χ3v) is 5.74. The quantitative estimate of drug-likeness (QED) is 0.738. The number of rotatable bonds is 3. The van der Waals surface area contributed by atoms with Crippen LogP contribution < -0.4 is 0 Å². The van der Waals surface area contributed by atoms with Crippen LogP contribution >= 0.6 is 27.3 Å². The van der Waals surface area contributed by atoms with Crippen molar-refractivity contribution in [2.24, 2.45) is 0 Å². The highest BCUT2D eigenvalue weighted by Gasteiger charge is 2.17. The molecule has 1 nitrogen and oxygen atoms in total. The van der Waals surface area contributed by atoms with E-state index >= 15 is 0 Å². The Morgan fingerprint density at radius 3 is 2.76 bits per heavy atom. The highest BCUT2D eigenvalue weighted by molar-refractivity contribution is 9.10. The molecule has 0 saturated heterocycles. The topological polar surface area (TPSA) is 20.2 Å². The van der Waals surface area contributed by atoms with Crippen molar-refractivity contribution in [2.75, 3.05) is 0 Å². The predicted molar refractivity (Wildman–Crippen MR) is 88.3 cm³/mol. The maximum absolute atomic E-state index is 13.4. The predicted octanol–water partition coefficient (Wildman–Crippen LogP) is 5.19. The molecule has 0 amide bonds. The Balaban J connectivity index is 1.77. The monoisotopic (exact) mass is 368 g/mol. The first kappa shape index (κ1) is 15.2. The molecule has 1 aliphatic rings. The minimum Gasteiger partial charge on any atom is -0.387 e. The van der Waals surface area contributed by atoms with E-state index in [1.165, 1.54) is 41.8 Å². The zero-order valence-electron chi connectivity index (χ0n) is 11.7. The standard InChI is InChI=1S/C17H18BrFOS/c18-13-6-11(7-14(19)10-13)8-15(20)17-9-12-4-2-1-3-5-16(12)21-17/h6-7,9-10,15,20H,1-5,8H2. The molecule has 0 spiro atoms. The number of hydrogen-bond acceptors (Lipinski definition) is 2. The first-order valence-corrected chi connectivity index (χ1v) is 8.97. The number of hydrogen-bond donors (Lipinski definition) is 1. The van der Waals surface area contributed by atoms with Crippen molar-refractivity contribution in [3.63, 3.8) is 0 Å². The van der Waals surface area contributed by atoms with Gasteiger partial charge < -0.3 is 5.11 Å². The minimum atomic E-state index is -0.546. The molecule has 1 aliphatic carbocycles. The van der Waals surface area contributed by atoms with Crippen molar-refractivity contribution >= 4 is 27.3 Å². The van der Waals surface area contributed by atoms with E-state index in [0.29, 0.717) is 10.9 Å². The summed E-state index contributed by atoms with van der Waals surface area (Å²) >= 11 is 5.02. The van der Waals surface area contributed by atoms with Gasteiger partial charge in [-0.05, 0) is 61.1 Å². The summed E-state index contributed by atoms with van der Waals surface area (Å²) in [6, 6.07) is 6.95. The SMILES string of the molecule is OC(Cc1cc(F)cc(Br)c1)c1cc2c(s1)CCCCC2. The molecule has 0 bridgehead atoms. The molecular weight excluding hydrogens is 351 g/mol. The van der Waals surface area contributed by atoms with Crippen LogP contribution in [0.1, 0.15) is 46.2 Å². The van der Waals surface area contributed by atoms with Crippen molar-refractivity contribution in [2.45, 2.75) is 44.6 Å². The average Bonchev–Trinajstić information content (AvgIpc) is 2.69. The van der Waals surface area contributed by atoms with Gasteiger partial charge in [0.1, 0.15) is 5.82 Å². The molecule has 112 valence electrons. The van der Waals surface area contributed by atoms with Gasteiger partial charge in [-0.15, -0.1) is 11.3 Å². The molecule has 1 unspecified atom stereocenters. The fourth-order valence-electron chi connectivity index (χ4n) is 2.91. The number of thiophene rings is 1. The molecule has 1 N–H and O–H groups in total. The van der Waals surface area contributed by atoms with Crippen molar-refractivity contribution in [1.82, 2.24) is 0 Å². The van der Waals surface area contributed by atoms with Gasteiger partial charge in [0, 0.05) is 20.6 Å². The van der Waals surface area contributed by atoms with E-state index in [1.807, 2.05) is 6.07 Å². The lowest BCUT2D eigenvalue weighted by molar-refractivity contribution is 0.182. The largest absolute Gasteiger partial charge is 0.387 e. The van der Waals surface area contributed by atoms with E-state index in [1.54, 1.807) is 11.3 Å². The van der Waals surface area contributed by atoms with Crippen molar-refractivity contribution in [1.29, 1.82) is 0 Å². The lowest BCUT2D eigenvalue weighted by Crippen LogP contribution is -2.00. The van der Waals surface area contributed by atoms with Gasteiger partial charge >= 0.3 is 0 Å². The van der Waals surface area contributed by atoms with Crippen molar-refractivity contribution in [3.8, 4) is 0 Å². The van der Waals surface area contributed by atoms with E-state index in [9.17, 15) is 9.50 Å². The van der Waals surface area contributed by atoms with Crippen LogP contribution in [0, 0.1) is 5.82 Å². The summed E-state index contributed by atoms with van der Waals surface area (Å²) < 4.78 is 14.1. The zero-order chi connectivity index (χ0) is 14.8. The van der Waals surface area contributed by atoms with Crippen LogP contribution in [-0.2, 0) is 19.3 Å². The van der Waals surface area contributed by atoms with Gasteiger partial charge in [-0.1, -0.05) is 22.4 Å². The smallest absolute Gasteiger partial charge is 0.124 e. The van der Waals surface area contributed by atoms with Crippen LogP contribution in [0.2, 0.25) is 0 Å². The molecule has 0 radical (unpaired) electrons. The molecule has 1 aromatic carbocycles. The summed E-state index contributed by atoms with van der Waals surface area (Å²) in [5.74, 6) is -0.270. The van der Waals surface area contributed by atoms with Crippen LogP contribution in [0.25, 0.3) is 0 Å². The summed E-state index contributed by atoms with van der Waals surface area (Å²) in [7, 11) is 0. The molecule has 1 atom stereocenters. The maximum Gasteiger partial charge on any atom is 0.124 e. The number of halogens is 2. The normalized spacial score (nSPS) is 16.3. The number of benzene rings is 1. The minimum absolute atomic E-state index is 0.270. The Hall–Kier alpha value is -0.710. The summed E-state index contributed by atoms with van der Waals surface area (Å²) in [5.41, 5.74) is 2.23. The fourth-order valence-corrected chi connectivity index (χ4v) is 4.66. The summed E-state index contributed by atoms with van der Waals surface area (Å²) in [6.45, 7) is 0. The highest BCUT2D eigenvalue weighted by atomic mass is 79.9. The molecule has 4 heteroatoms.